The summed E-state index contributed by atoms with van der Waals surface area (Å²) >= 11 is 3.46. The van der Waals surface area contributed by atoms with Crippen molar-refractivity contribution < 1.29 is 9.53 Å². The Labute approximate surface area is 116 Å². The predicted octanol–water partition coefficient (Wildman–Crippen LogP) is 3.06. The Hall–Kier alpha value is -0.870. The minimum atomic E-state index is -0.133. The number of rotatable bonds is 4. The van der Waals surface area contributed by atoms with Crippen molar-refractivity contribution in [3.05, 3.63) is 33.8 Å². The maximum Gasteiger partial charge on any atom is 0.252 e. The molecule has 0 aromatic heterocycles. The first-order chi connectivity index (χ1) is 8.58. The van der Waals surface area contributed by atoms with Crippen LogP contribution in [0.3, 0.4) is 0 Å². The van der Waals surface area contributed by atoms with E-state index in [4.69, 9.17) is 4.74 Å². The molecule has 18 heavy (non-hydrogen) atoms. The first kappa shape index (κ1) is 13.6. The highest BCUT2D eigenvalue weighted by Crippen LogP contribution is 2.34. The van der Waals surface area contributed by atoms with Gasteiger partial charge in [-0.25, -0.2) is 0 Å². The number of carbonyl (C=O) groups is 1. The summed E-state index contributed by atoms with van der Waals surface area (Å²) in [6.45, 7) is 2.56. The molecular weight excluding hydrogens is 294 g/mol. The van der Waals surface area contributed by atoms with Crippen LogP contribution in [0.5, 0.6) is 0 Å². The maximum absolute atomic E-state index is 12.1. The van der Waals surface area contributed by atoms with E-state index in [2.05, 4.69) is 21.2 Å². The Morgan fingerprint density at radius 1 is 1.50 bits per heavy atom. The number of aryl methyl sites for hydroxylation is 1. The zero-order chi connectivity index (χ0) is 13.2. The second-order valence-electron chi connectivity index (χ2n) is 4.86. The lowest BCUT2D eigenvalue weighted by molar-refractivity contribution is -0.0679. The van der Waals surface area contributed by atoms with Gasteiger partial charge in [-0.05, 0) is 53.7 Å². The minimum Gasteiger partial charge on any atom is -0.376 e. The summed E-state index contributed by atoms with van der Waals surface area (Å²) in [6.07, 6.45) is 3.23. The summed E-state index contributed by atoms with van der Waals surface area (Å²) in [5, 5.41) is 2.97. The van der Waals surface area contributed by atoms with Crippen molar-refractivity contribution in [2.45, 2.75) is 31.8 Å². The molecule has 1 aliphatic rings. The molecule has 0 bridgehead atoms. The lowest BCUT2D eigenvalue weighted by atomic mass is 9.80. The van der Waals surface area contributed by atoms with E-state index in [1.54, 1.807) is 7.11 Å². The Bertz CT molecular complexity index is 450. The van der Waals surface area contributed by atoms with Crippen molar-refractivity contribution in [3.63, 3.8) is 0 Å². The molecule has 1 aromatic carbocycles. The topological polar surface area (TPSA) is 38.3 Å². The van der Waals surface area contributed by atoms with Crippen LogP contribution in [0.15, 0.2) is 22.7 Å². The van der Waals surface area contributed by atoms with E-state index in [0.717, 1.165) is 22.9 Å². The average Bonchev–Trinajstić information content (AvgIpc) is 2.31. The summed E-state index contributed by atoms with van der Waals surface area (Å²) in [5.41, 5.74) is 1.61. The number of ether oxygens (including phenoxy) is 1. The molecule has 0 unspecified atom stereocenters. The van der Waals surface area contributed by atoms with Crippen molar-refractivity contribution in [2.75, 3.05) is 13.7 Å². The third-order valence-corrected chi connectivity index (χ3v) is 4.76. The number of nitrogens with one attached hydrogen (secondary N) is 1. The number of halogens is 1. The zero-order valence-corrected chi connectivity index (χ0v) is 12.3. The molecule has 0 atom stereocenters. The van der Waals surface area contributed by atoms with Crippen molar-refractivity contribution >= 4 is 21.8 Å². The Balaban J connectivity index is 2.02. The molecule has 1 fully saturated rings. The molecule has 0 radical (unpaired) electrons. The molecular formula is C14H18BrNO2. The second kappa shape index (κ2) is 5.41. The van der Waals surface area contributed by atoms with Gasteiger partial charge in [0.2, 0.25) is 0 Å². The lowest BCUT2D eigenvalue weighted by Gasteiger charge is -2.40. The summed E-state index contributed by atoms with van der Waals surface area (Å²) < 4.78 is 6.35. The number of methoxy groups -OCH3 is 1. The first-order valence-corrected chi connectivity index (χ1v) is 6.96. The number of carbonyl (C=O) groups excluding carboxylic acids is 1. The Morgan fingerprint density at radius 3 is 2.78 bits per heavy atom. The highest BCUT2D eigenvalue weighted by molar-refractivity contribution is 9.10. The SMILES string of the molecule is COC1(CNC(=O)c2cccc(C)c2Br)CCC1. The molecule has 0 aliphatic heterocycles. The van der Waals surface area contributed by atoms with E-state index in [1.807, 2.05) is 25.1 Å². The molecule has 3 nitrogen and oxygen atoms in total. The number of hydrogen-bond donors (Lipinski definition) is 1. The van der Waals surface area contributed by atoms with E-state index >= 15 is 0 Å². The van der Waals surface area contributed by atoms with Crippen LogP contribution >= 0.6 is 15.9 Å². The predicted molar refractivity (Wildman–Crippen MR) is 74.8 cm³/mol. The fourth-order valence-electron chi connectivity index (χ4n) is 2.18. The van der Waals surface area contributed by atoms with Gasteiger partial charge in [0.25, 0.3) is 5.91 Å². The molecule has 1 saturated carbocycles. The Kier molecular flexibility index (Phi) is 4.07. The fraction of sp³-hybridized carbons (Fsp3) is 0.500. The highest BCUT2D eigenvalue weighted by Gasteiger charge is 2.37. The van der Waals surface area contributed by atoms with Gasteiger partial charge in [-0.3, -0.25) is 4.79 Å². The van der Waals surface area contributed by atoms with Crippen LogP contribution in [0.2, 0.25) is 0 Å². The molecule has 0 spiro atoms. The van der Waals surface area contributed by atoms with E-state index < -0.39 is 0 Å². The van der Waals surface area contributed by atoms with Gasteiger partial charge in [-0.1, -0.05) is 12.1 Å². The van der Waals surface area contributed by atoms with Gasteiger partial charge >= 0.3 is 0 Å². The van der Waals surface area contributed by atoms with Gasteiger partial charge in [0.1, 0.15) is 0 Å². The smallest absolute Gasteiger partial charge is 0.252 e. The molecule has 4 heteroatoms. The summed E-state index contributed by atoms with van der Waals surface area (Å²) in [4.78, 5) is 12.1. The standard InChI is InChI=1S/C14H18BrNO2/c1-10-5-3-6-11(12(10)15)13(17)16-9-14(18-2)7-4-8-14/h3,5-6H,4,7-9H2,1-2H3,(H,16,17). The quantitative estimate of drug-likeness (QED) is 0.928. The largest absolute Gasteiger partial charge is 0.376 e. The normalized spacial score (nSPS) is 17.1. The molecule has 0 saturated heterocycles. The third kappa shape index (κ3) is 2.59. The summed E-state index contributed by atoms with van der Waals surface area (Å²) in [7, 11) is 1.72. The van der Waals surface area contributed by atoms with E-state index in [1.165, 1.54) is 6.42 Å². The molecule has 1 aromatic rings. The van der Waals surface area contributed by atoms with Crippen LogP contribution in [0.1, 0.15) is 35.2 Å². The van der Waals surface area contributed by atoms with Crippen LogP contribution in [0.25, 0.3) is 0 Å². The molecule has 1 aliphatic carbocycles. The number of amides is 1. The van der Waals surface area contributed by atoms with Crippen LogP contribution in [-0.2, 0) is 4.74 Å². The average molecular weight is 312 g/mol. The lowest BCUT2D eigenvalue weighted by Crippen LogP contribution is -2.49. The minimum absolute atomic E-state index is 0.0473. The third-order valence-electron chi connectivity index (χ3n) is 3.71. The summed E-state index contributed by atoms with van der Waals surface area (Å²) in [5.74, 6) is -0.0473. The number of benzene rings is 1. The van der Waals surface area contributed by atoms with Crippen LogP contribution in [-0.4, -0.2) is 25.2 Å². The molecule has 1 amide bonds. The van der Waals surface area contributed by atoms with Crippen LogP contribution in [0, 0.1) is 6.92 Å². The second-order valence-corrected chi connectivity index (χ2v) is 5.65. The van der Waals surface area contributed by atoms with Gasteiger partial charge in [0.05, 0.1) is 11.2 Å². The molecule has 0 heterocycles. The van der Waals surface area contributed by atoms with Crippen molar-refractivity contribution in [1.29, 1.82) is 0 Å². The van der Waals surface area contributed by atoms with E-state index in [-0.39, 0.29) is 11.5 Å². The van der Waals surface area contributed by atoms with Gasteiger partial charge in [0, 0.05) is 18.1 Å². The fourth-order valence-corrected chi connectivity index (χ4v) is 2.63. The van der Waals surface area contributed by atoms with Gasteiger partial charge < -0.3 is 10.1 Å². The molecule has 2 rings (SSSR count). The summed E-state index contributed by atoms with van der Waals surface area (Å²) in [6, 6.07) is 5.69. The Morgan fingerprint density at radius 2 is 2.22 bits per heavy atom. The van der Waals surface area contributed by atoms with Gasteiger partial charge in [-0.2, -0.15) is 0 Å². The van der Waals surface area contributed by atoms with Gasteiger partial charge in [0.15, 0.2) is 0 Å². The maximum atomic E-state index is 12.1. The highest BCUT2D eigenvalue weighted by atomic mass is 79.9. The van der Waals surface area contributed by atoms with Gasteiger partial charge in [-0.15, -0.1) is 0 Å². The number of hydrogen-bond acceptors (Lipinski definition) is 2. The zero-order valence-electron chi connectivity index (χ0n) is 10.8. The van der Waals surface area contributed by atoms with Crippen molar-refractivity contribution in [3.8, 4) is 0 Å². The van der Waals surface area contributed by atoms with Crippen molar-refractivity contribution in [1.82, 2.24) is 5.32 Å². The van der Waals surface area contributed by atoms with Crippen molar-refractivity contribution in [2.24, 2.45) is 0 Å². The van der Waals surface area contributed by atoms with Crippen LogP contribution < -0.4 is 5.32 Å². The first-order valence-electron chi connectivity index (χ1n) is 6.16. The monoisotopic (exact) mass is 311 g/mol. The van der Waals surface area contributed by atoms with E-state index in [0.29, 0.717) is 12.1 Å². The molecule has 98 valence electrons. The van der Waals surface area contributed by atoms with E-state index in [9.17, 15) is 4.79 Å². The van der Waals surface area contributed by atoms with Crippen LogP contribution in [0.4, 0.5) is 0 Å². The molecule has 1 N–H and O–H groups in total.